The van der Waals surface area contributed by atoms with Crippen molar-refractivity contribution in [3.05, 3.63) is 29.6 Å². The summed E-state index contributed by atoms with van der Waals surface area (Å²) in [6, 6.07) is 6.96. The highest BCUT2D eigenvalue weighted by atomic mass is 35.5. The first kappa shape index (κ1) is 13.9. The van der Waals surface area contributed by atoms with Gasteiger partial charge in [0.25, 0.3) is 0 Å². The maximum absolute atomic E-state index is 5.95. The second-order valence-corrected chi connectivity index (χ2v) is 6.03. The van der Waals surface area contributed by atoms with E-state index in [1.807, 2.05) is 7.11 Å². The zero-order valence-corrected chi connectivity index (χ0v) is 12.9. The quantitative estimate of drug-likeness (QED) is 0.800. The van der Waals surface area contributed by atoms with E-state index in [0.717, 1.165) is 37.0 Å². The van der Waals surface area contributed by atoms with Crippen LogP contribution in [0.3, 0.4) is 0 Å². The van der Waals surface area contributed by atoms with Crippen molar-refractivity contribution in [2.24, 2.45) is 0 Å². The van der Waals surface area contributed by atoms with Gasteiger partial charge in [-0.25, -0.2) is 4.98 Å². The average molecular weight is 293 g/mol. The number of alkyl halides is 1. The number of fused-ring (bicyclic) bond motifs is 1. The summed E-state index contributed by atoms with van der Waals surface area (Å²) in [7, 11) is 1.81. The lowest BCUT2D eigenvalue weighted by atomic mass is 10.2. The first-order chi connectivity index (χ1) is 9.72. The van der Waals surface area contributed by atoms with Crippen LogP contribution in [0.25, 0.3) is 11.0 Å². The number of hydrogen-bond donors (Lipinski definition) is 0. The molecule has 1 heterocycles. The summed E-state index contributed by atoms with van der Waals surface area (Å²) in [5, 5.41) is 0. The smallest absolute Gasteiger partial charge is 0.111 e. The molecule has 108 valence electrons. The SMILES string of the molecule is COC1CCC(n2c(CCCl)nc3ccc(C)cc32)C1. The Labute approximate surface area is 124 Å². The summed E-state index contributed by atoms with van der Waals surface area (Å²) < 4.78 is 7.92. The highest BCUT2D eigenvalue weighted by Gasteiger charge is 2.28. The molecule has 0 aliphatic heterocycles. The molecule has 3 rings (SSSR count). The Kier molecular flexibility index (Phi) is 3.99. The lowest BCUT2D eigenvalue weighted by Crippen LogP contribution is -2.12. The number of nitrogens with zero attached hydrogens (tertiary/aromatic N) is 2. The fraction of sp³-hybridized carbons (Fsp3) is 0.562. The lowest BCUT2D eigenvalue weighted by Gasteiger charge is -2.17. The largest absolute Gasteiger partial charge is 0.381 e. The molecular weight excluding hydrogens is 272 g/mol. The van der Waals surface area contributed by atoms with Crippen LogP contribution in [0.15, 0.2) is 18.2 Å². The molecule has 0 spiro atoms. The van der Waals surface area contributed by atoms with E-state index >= 15 is 0 Å². The van der Waals surface area contributed by atoms with Gasteiger partial charge in [0, 0.05) is 25.5 Å². The zero-order valence-electron chi connectivity index (χ0n) is 12.1. The van der Waals surface area contributed by atoms with Crippen molar-refractivity contribution < 1.29 is 4.74 Å². The van der Waals surface area contributed by atoms with Gasteiger partial charge in [-0.05, 0) is 43.9 Å². The van der Waals surface area contributed by atoms with E-state index in [0.29, 0.717) is 18.0 Å². The van der Waals surface area contributed by atoms with Gasteiger partial charge in [-0.3, -0.25) is 0 Å². The first-order valence-corrected chi connectivity index (χ1v) is 7.82. The van der Waals surface area contributed by atoms with E-state index in [1.165, 1.54) is 11.1 Å². The topological polar surface area (TPSA) is 27.1 Å². The van der Waals surface area contributed by atoms with E-state index in [1.54, 1.807) is 0 Å². The van der Waals surface area contributed by atoms with Crippen molar-refractivity contribution in [3.8, 4) is 0 Å². The van der Waals surface area contributed by atoms with Crippen LogP contribution in [-0.2, 0) is 11.2 Å². The monoisotopic (exact) mass is 292 g/mol. The molecule has 20 heavy (non-hydrogen) atoms. The molecule has 2 aromatic rings. The summed E-state index contributed by atoms with van der Waals surface area (Å²) >= 11 is 5.95. The molecule has 0 radical (unpaired) electrons. The summed E-state index contributed by atoms with van der Waals surface area (Å²) in [4.78, 5) is 4.78. The van der Waals surface area contributed by atoms with E-state index in [4.69, 9.17) is 21.3 Å². The van der Waals surface area contributed by atoms with E-state index < -0.39 is 0 Å². The molecule has 2 atom stereocenters. The fourth-order valence-electron chi connectivity index (χ4n) is 3.29. The second-order valence-electron chi connectivity index (χ2n) is 5.65. The molecule has 4 heteroatoms. The van der Waals surface area contributed by atoms with Crippen molar-refractivity contribution in [1.29, 1.82) is 0 Å². The summed E-state index contributed by atoms with van der Waals surface area (Å²) in [6.45, 7) is 2.13. The summed E-state index contributed by atoms with van der Waals surface area (Å²) in [5.74, 6) is 1.73. The van der Waals surface area contributed by atoms with Crippen LogP contribution in [0, 0.1) is 6.92 Å². The Morgan fingerprint density at radius 3 is 2.95 bits per heavy atom. The van der Waals surface area contributed by atoms with Gasteiger partial charge in [-0.15, -0.1) is 11.6 Å². The highest BCUT2D eigenvalue weighted by molar-refractivity contribution is 6.17. The molecule has 1 aromatic heterocycles. The van der Waals surface area contributed by atoms with Gasteiger partial charge in [0.05, 0.1) is 17.1 Å². The average Bonchev–Trinajstić information content (AvgIpc) is 3.02. The molecule has 2 unspecified atom stereocenters. The second kappa shape index (κ2) is 5.74. The van der Waals surface area contributed by atoms with Crippen LogP contribution in [-0.4, -0.2) is 28.6 Å². The number of hydrogen-bond acceptors (Lipinski definition) is 2. The molecule has 1 aliphatic rings. The van der Waals surface area contributed by atoms with Crippen LogP contribution in [0.4, 0.5) is 0 Å². The van der Waals surface area contributed by atoms with Crippen molar-refractivity contribution in [3.63, 3.8) is 0 Å². The Bertz CT molecular complexity index is 608. The number of ether oxygens (including phenoxy) is 1. The third kappa shape index (κ3) is 2.45. The fourth-order valence-corrected chi connectivity index (χ4v) is 3.46. The normalized spacial score (nSPS) is 22.8. The zero-order chi connectivity index (χ0) is 14.1. The van der Waals surface area contributed by atoms with E-state index in [2.05, 4.69) is 29.7 Å². The molecule has 1 fully saturated rings. The van der Waals surface area contributed by atoms with Gasteiger partial charge < -0.3 is 9.30 Å². The Morgan fingerprint density at radius 2 is 2.25 bits per heavy atom. The molecule has 0 amide bonds. The Morgan fingerprint density at radius 1 is 1.40 bits per heavy atom. The summed E-state index contributed by atoms with van der Waals surface area (Å²) in [6.07, 6.45) is 4.57. The molecule has 1 saturated carbocycles. The van der Waals surface area contributed by atoms with Gasteiger partial charge in [-0.1, -0.05) is 6.07 Å². The number of benzene rings is 1. The minimum atomic E-state index is 0.381. The van der Waals surface area contributed by atoms with Crippen LogP contribution < -0.4 is 0 Å². The summed E-state index contributed by atoms with van der Waals surface area (Å²) in [5.41, 5.74) is 3.60. The number of aromatic nitrogens is 2. The molecular formula is C16H21ClN2O. The van der Waals surface area contributed by atoms with E-state index in [-0.39, 0.29) is 0 Å². The van der Waals surface area contributed by atoms with Crippen LogP contribution in [0.2, 0.25) is 0 Å². The first-order valence-electron chi connectivity index (χ1n) is 7.29. The van der Waals surface area contributed by atoms with Gasteiger partial charge in [-0.2, -0.15) is 0 Å². The Balaban J connectivity index is 2.06. The third-order valence-corrected chi connectivity index (χ3v) is 4.48. The maximum Gasteiger partial charge on any atom is 0.111 e. The van der Waals surface area contributed by atoms with Crippen LogP contribution in [0.1, 0.15) is 36.7 Å². The van der Waals surface area contributed by atoms with Gasteiger partial charge >= 0.3 is 0 Å². The number of imidazole rings is 1. The third-order valence-electron chi connectivity index (χ3n) is 4.29. The van der Waals surface area contributed by atoms with Crippen molar-refractivity contribution >= 4 is 22.6 Å². The number of rotatable bonds is 4. The van der Waals surface area contributed by atoms with Gasteiger partial charge in [0.15, 0.2) is 0 Å². The van der Waals surface area contributed by atoms with Crippen molar-refractivity contribution in [2.45, 2.75) is 44.8 Å². The molecule has 3 nitrogen and oxygen atoms in total. The van der Waals surface area contributed by atoms with E-state index in [9.17, 15) is 0 Å². The van der Waals surface area contributed by atoms with Gasteiger partial charge in [0.1, 0.15) is 5.82 Å². The number of halogens is 1. The molecule has 1 aromatic carbocycles. The molecule has 0 bridgehead atoms. The minimum Gasteiger partial charge on any atom is -0.381 e. The highest BCUT2D eigenvalue weighted by Crippen LogP contribution is 2.35. The van der Waals surface area contributed by atoms with Crippen LogP contribution >= 0.6 is 11.6 Å². The van der Waals surface area contributed by atoms with Crippen LogP contribution in [0.5, 0.6) is 0 Å². The Hall–Kier alpha value is -1.06. The predicted octanol–water partition coefficient (Wildman–Crippen LogP) is 3.87. The number of aryl methyl sites for hydroxylation is 2. The van der Waals surface area contributed by atoms with Crippen molar-refractivity contribution in [2.75, 3.05) is 13.0 Å². The lowest BCUT2D eigenvalue weighted by molar-refractivity contribution is 0.106. The molecule has 0 saturated heterocycles. The van der Waals surface area contributed by atoms with Gasteiger partial charge in [0.2, 0.25) is 0 Å². The predicted molar refractivity (Wildman–Crippen MR) is 82.6 cm³/mol. The maximum atomic E-state index is 5.95. The number of methoxy groups -OCH3 is 1. The standard InChI is InChI=1S/C16H21ClN2O/c1-11-3-6-14-15(9-11)19(16(18-14)7-8-17)12-4-5-13(10-12)20-2/h3,6,9,12-13H,4-5,7-8,10H2,1-2H3. The molecule has 1 aliphatic carbocycles. The van der Waals surface area contributed by atoms with Crippen molar-refractivity contribution in [1.82, 2.24) is 9.55 Å². The minimum absolute atomic E-state index is 0.381. The molecule has 0 N–H and O–H groups in total.